The third-order valence-electron chi connectivity index (χ3n) is 4.65. The molecule has 0 saturated heterocycles. The van der Waals surface area contributed by atoms with E-state index in [0.29, 0.717) is 12.8 Å². The molecule has 0 unspecified atom stereocenters. The van der Waals surface area contributed by atoms with Gasteiger partial charge in [-0.15, -0.1) is 0 Å². The summed E-state index contributed by atoms with van der Waals surface area (Å²) in [5, 5.41) is 20.8. The molecule has 2 rings (SSSR count). The van der Waals surface area contributed by atoms with Crippen LogP contribution in [-0.2, 0) is 4.79 Å². The lowest BCUT2D eigenvalue weighted by Crippen LogP contribution is -2.56. The van der Waals surface area contributed by atoms with Gasteiger partial charge in [0.25, 0.3) is 5.91 Å². The third kappa shape index (κ3) is 3.04. The molecule has 0 radical (unpaired) electrons. The number of benzene rings is 1. The Morgan fingerprint density at radius 1 is 1.29 bits per heavy atom. The zero-order valence-electron chi connectivity index (χ0n) is 13.7. The van der Waals surface area contributed by atoms with Crippen LogP contribution in [0.15, 0.2) is 18.2 Å². The molecular formula is C16H20N2O6. The van der Waals surface area contributed by atoms with Crippen LogP contribution < -0.4 is 4.74 Å². The molecule has 1 aromatic carbocycles. The summed E-state index contributed by atoms with van der Waals surface area (Å²) in [6, 6.07) is 3.87. The minimum absolute atomic E-state index is 0.0461. The number of methoxy groups -OCH3 is 1. The number of likely N-dealkylation sites (N-methyl/N-ethyl adjacent to an activating group) is 1. The van der Waals surface area contributed by atoms with Crippen LogP contribution in [0.5, 0.6) is 5.75 Å². The lowest BCUT2D eigenvalue weighted by molar-refractivity contribution is -0.385. The molecule has 8 heteroatoms. The molecule has 130 valence electrons. The van der Waals surface area contributed by atoms with Gasteiger partial charge in [0, 0.05) is 18.7 Å². The Kier molecular flexibility index (Phi) is 5.06. The molecule has 0 bridgehead atoms. The van der Waals surface area contributed by atoms with Gasteiger partial charge in [-0.3, -0.25) is 14.9 Å². The van der Waals surface area contributed by atoms with E-state index in [1.165, 1.54) is 31.2 Å². The minimum Gasteiger partial charge on any atom is -0.490 e. The highest BCUT2D eigenvalue weighted by molar-refractivity contribution is 5.98. The average Bonchev–Trinajstić information content (AvgIpc) is 2.60. The van der Waals surface area contributed by atoms with Crippen molar-refractivity contribution in [1.82, 2.24) is 4.90 Å². The lowest BCUT2D eigenvalue weighted by atomic mass is 9.80. The zero-order chi connectivity index (χ0) is 17.9. The molecule has 8 nitrogen and oxygen atoms in total. The zero-order valence-corrected chi connectivity index (χ0v) is 13.7. The Hall–Kier alpha value is -2.64. The molecule has 0 aliphatic heterocycles. The third-order valence-corrected chi connectivity index (χ3v) is 4.65. The van der Waals surface area contributed by atoms with E-state index in [-0.39, 0.29) is 17.0 Å². The highest BCUT2D eigenvalue weighted by Crippen LogP contribution is 2.35. The fraction of sp³-hybridized carbons (Fsp3) is 0.500. The number of hydrogen-bond donors (Lipinski definition) is 1. The summed E-state index contributed by atoms with van der Waals surface area (Å²) in [7, 11) is 2.75. The molecule has 1 aromatic rings. The molecule has 1 saturated carbocycles. The number of carbonyl (C=O) groups is 2. The molecule has 1 aliphatic rings. The van der Waals surface area contributed by atoms with Crippen LogP contribution in [0.25, 0.3) is 0 Å². The molecule has 1 aliphatic carbocycles. The standard InChI is InChI=1S/C16H20N2O6/c1-17(16(15(20)21)8-4-3-5-9-16)14(19)11-6-7-13(24-2)12(10-11)18(22)23/h6-7,10H,3-5,8-9H2,1-2H3,(H,20,21). The lowest BCUT2D eigenvalue weighted by Gasteiger charge is -2.41. The summed E-state index contributed by atoms with van der Waals surface area (Å²) >= 11 is 0. The Morgan fingerprint density at radius 2 is 1.92 bits per heavy atom. The molecule has 1 fully saturated rings. The van der Waals surface area contributed by atoms with E-state index in [9.17, 15) is 24.8 Å². The normalized spacial score (nSPS) is 16.2. The van der Waals surface area contributed by atoms with Crippen LogP contribution in [0.1, 0.15) is 42.5 Å². The summed E-state index contributed by atoms with van der Waals surface area (Å²) in [6.45, 7) is 0. The van der Waals surface area contributed by atoms with Gasteiger partial charge < -0.3 is 14.7 Å². The van der Waals surface area contributed by atoms with E-state index in [0.717, 1.165) is 25.3 Å². The van der Waals surface area contributed by atoms with E-state index in [2.05, 4.69) is 0 Å². The summed E-state index contributed by atoms with van der Waals surface area (Å²) in [4.78, 5) is 36.2. The second-order valence-corrected chi connectivity index (χ2v) is 5.91. The maximum Gasteiger partial charge on any atom is 0.329 e. The van der Waals surface area contributed by atoms with Crippen molar-refractivity contribution in [2.75, 3.05) is 14.2 Å². The largest absolute Gasteiger partial charge is 0.490 e. The van der Waals surface area contributed by atoms with Crippen LogP contribution in [0.2, 0.25) is 0 Å². The number of rotatable bonds is 5. The quantitative estimate of drug-likeness (QED) is 0.653. The first-order chi connectivity index (χ1) is 11.3. The molecule has 1 N–H and O–H groups in total. The molecule has 0 heterocycles. The number of carboxylic acid groups (broad SMARTS) is 1. The van der Waals surface area contributed by atoms with Crippen LogP contribution in [0, 0.1) is 10.1 Å². The van der Waals surface area contributed by atoms with E-state index in [1.807, 2.05) is 0 Å². The van der Waals surface area contributed by atoms with Gasteiger partial charge >= 0.3 is 11.7 Å². The number of carboxylic acids is 1. The van der Waals surface area contributed by atoms with E-state index >= 15 is 0 Å². The molecular weight excluding hydrogens is 316 g/mol. The summed E-state index contributed by atoms with van der Waals surface area (Å²) < 4.78 is 4.92. The van der Waals surface area contributed by atoms with Crippen LogP contribution >= 0.6 is 0 Å². The monoisotopic (exact) mass is 336 g/mol. The van der Waals surface area contributed by atoms with Crippen molar-refractivity contribution in [2.24, 2.45) is 0 Å². The molecule has 0 aromatic heterocycles. The van der Waals surface area contributed by atoms with Gasteiger partial charge in [0.15, 0.2) is 5.75 Å². The number of nitro benzene ring substituents is 1. The van der Waals surface area contributed by atoms with Gasteiger partial charge in [0.05, 0.1) is 12.0 Å². The summed E-state index contributed by atoms with van der Waals surface area (Å²) in [5.74, 6) is -1.55. The molecule has 0 spiro atoms. The van der Waals surface area contributed by atoms with Crippen molar-refractivity contribution in [3.8, 4) is 5.75 Å². The van der Waals surface area contributed by atoms with Gasteiger partial charge in [-0.25, -0.2) is 4.79 Å². The maximum atomic E-state index is 12.7. The molecule has 24 heavy (non-hydrogen) atoms. The van der Waals surface area contributed by atoms with Crippen molar-refractivity contribution in [3.63, 3.8) is 0 Å². The smallest absolute Gasteiger partial charge is 0.329 e. The Bertz CT molecular complexity index is 667. The number of hydrogen-bond acceptors (Lipinski definition) is 5. The van der Waals surface area contributed by atoms with Gasteiger partial charge in [0.1, 0.15) is 5.54 Å². The van der Waals surface area contributed by atoms with Crippen LogP contribution in [0.3, 0.4) is 0 Å². The highest BCUT2D eigenvalue weighted by Gasteiger charge is 2.45. The van der Waals surface area contributed by atoms with Gasteiger partial charge in [-0.2, -0.15) is 0 Å². The van der Waals surface area contributed by atoms with Gasteiger partial charge in [-0.05, 0) is 25.0 Å². The van der Waals surface area contributed by atoms with E-state index in [4.69, 9.17) is 4.74 Å². The topological polar surface area (TPSA) is 110 Å². The van der Waals surface area contributed by atoms with E-state index < -0.39 is 22.3 Å². The predicted octanol–water partition coefficient (Wildman–Crippen LogP) is 2.46. The number of aliphatic carboxylic acids is 1. The van der Waals surface area contributed by atoms with Crippen molar-refractivity contribution in [3.05, 3.63) is 33.9 Å². The SMILES string of the molecule is COc1ccc(C(=O)N(C)C2(C(=O)O)CCCCC2)cc1[N+](=O)[O-]. The predicted molar refractivity (Wildman–Crippen MR) is 85.2 cm³/mol. The van der Waals surface area contributed by atoms with Crippen LogP contribution in [0.4, 0.5) is 5.69 Å². The second-order valence-electron chi connectivity index (χ2n) is 5.91. The van der Waals surface area contributed by atoms with Gasteiger partial charge in [0.2, 0.25) is 0 Å². The second kappa shape index (κ2) is 6.86. The number of ether oxygens (including phenoxy) is 1. The molecule has 0 atom stereocenters. The van der Waals surface area contributed by atoms with Crippen molar-refractivity contribution in [2.45, 2.75) is 37.6 Å². The average molecular weight is 336 g/mol. The first-order valence-corrected chi connectivity index (χ1v) is 7.67. The first-order valence-electron chi connectivity index (χ1n) is 7.67. The van der Waals surface area contributed by atoms with Crippen molar-refractivity contribution < 1.29 is 24.4 Å². The van der Waals surface area contributed by atoms with Crippen molar-refractivity contribution in [1.29, 1.82) is 0 Å². The summed E-state index contributed by atoms with van der Waals surface area (Å²) in [6.07, 6.45) is 3.15. The fourth-order valence-electron chi connectivity index (χ4n) is 3.18. The van der Waals surface area contributed by atoms with Gasteiger partial charge in [-0.1, -0.05) is 19.3 Å². The Labute approximate surface area is 139 Å². The van der Waals surface area contributed by atoms with E-state index in [1.54, 1.807) is 0 Å². The summed E-state index contributed by atoms with van der Waals surface area (Å²) in [5.41, 5.74) is -1.52. The number of carbonyl (C=O) groups excluding carboxylic acids is 1. The first kappa shape index (κ1) is 17.7. The highest BCUT2D eigenvalue weighted by atomic mass is 16.6. The van der Waals surface area contributed by atoms with Crippen molar-refractivity contribution >= 4 is 17.6 Å². The van der Waals surface area contributed by atoms with Crippen LogP contribution in [-0.4, -0.2) is 46.5 Å². The molecule has 1 amide bonds. The number of nitrogens with zero attached hydrogens (tertiary/aromatic N) is 2. The maximum absolute atomic E-state index is 12.7. The fourth-order valence-corrected chi connectivity index (χ4v) is 3.18. The Balaban J connectivity index is 2.38. The Morgan fingerprint density at radius 3 is 2.42 bits per heavy atom. The minimum atomic E-state index is -1.26. The number of nitro groups is 1. The number of amides is 1.